The summed E-state index contributed by atoms with van der Waals surface area (Å²) in [7, 11) is 1.58. The molecule has 1 unspecified atom stereocenters. The van der Waals surface area contributed by atoms with E-state index in [0.29, 0.717) is 11.2 Å². The standard InChI is InChI=1S/C19H18FN7O2S/c1-10(29-3)16-14(9-21-18-17(16)24-11(2)30-18)26-19(28)25-12-4-5-15(13(20)8-12)27-22-6-7-23-27/h4-10H,1-3H3,(H2,25,26,28). The Morgan fingerprint density at radius 2 is 2.03 bits per heavy atom. The lowest BCUT2D eigenvalue weighted by molar-refractivity contribution is 0.121. The average Bonchev–Trinajstić information content (AvgIpc) is 3.36. The van der Waals surface area contributed by atoms with Crippen LogP contribution in [0.5, 0.6) is 0 Å². The Bertz CT molecular complexity index is 1210. The van der Waals surface area contributed by atoms with Crippen LogP contribution in [0.15, 0.2) is 36.8 Å². The number of nitrogens with zero attached hydrogens (tertiary/aromatic N) is 5. The Hall–Kier alpha value is -3.44. The molecule has 2 N–H and O–H groups in total. The Balaban J connectivity index is 1.57. The van der Waals surface area contributed by atoms with Gasteiger partial charge in [0.1, 0.15) is 16.0 Å². The topological polar surface area (TPSA) is 107 Å². The van der Waals surface area contributed by atoms with Crippen molar-refractivity contribution in [2.75, 3.05) is 17.7 Å². The van der Waals surface area contributed by atoms with E-state index in [1.165, 1.54) is 35.9 Å². The molecule has 1 atom stereocenters. The number of aryl methyl sites for hydroxylation is 1. The number of ether oxygens (including phenoxy) is 1. The molecule has 0 fully saturated rings. The first kappa shape index (κ1) is 19.9. The number of hydrogen-bond donors (Lipinski definition) is 2. The fourth-order valence-electron chi connectivity index (χ4n) is 3.00. The second kappa shape index (κ2) is 8.13. The summed E-state index contributed by atoms with van der Waals surface area (Å²) < 4.78 is 19.8. The van der Waals surface area contributed by atoms with Crippen LogP contribution < -0.4 is 10.6 Å². The monoisotopic (exact) mass is 427 g/mol. The molecule has 0 saturated carbocycles. The number of rotatable bonds is 5. The van der Waals surface area contributed by atoms with Crippen LogP contribution in [0, 0.1) is 12.7 Å². The Morgan fingerprint density at radius 3 is 2.73 bits per heavy atom. The third-order valence-electron chi connectivity index (χ3n) is 4.42. The molecule has 0 aliphatic heterocycles. The van der Waals surface area contributed by atoms with Crippen molar-refractivity contribution in [3.05, 3.63) is 53.2 Å². The van der Waals surface area contributed by atoms with Crippen molar-refractivity contribution >= 4 is 39.1 Å². The summed E-state index contributed by atoms with van der Waals surface area (Å²) in [6.45, 7) is 3.76. The predicted molar refractivity (Wildman–Crippen MR) is 112 cm³/mol. The van der Waals surface area contributed by atoms with Crippen molar-refractivity contribution in [3.63, 3.8) is 0 Å². The predicted octanol–water partition coefficient (Wildman–Crippen LogP) is 4.07. The molecular formula is C19H18FN7O2S. The lowest BCUT2D eigenvalue weighted by atomic mass is 10.1. The van der Waals surface area contributed by atoms with E-state index in [9.17, 15) is 9.18 Å². The van der Waals surface area contributed by atoms with E-state index in [-0.39, 0.29) is 17.5 Å². The van der Waals surface area contributed by atoms with E-state index in [2.05, 4.69) is 30.8 Å². The van der Waals surface area contributed by atoms with Gasteiger partial charge in [0.05, 0.1) is 35.4 Å². The van der Waals surface area contributed by atoms with Crippen molar-refractivity contribution in [1.82, 2.24) is 25.0 Å². The molecule has 0 radical (unpaired) electrons. The first-order valence-corrected chi connectivity index (χ1v) is 9.81. The first-order valence-electron chi connectivity index (χ1n) is 8.99. The molecule has 0 aliphatic carbocycles. The smallest absolute Gasteiger partial charge is 0.323 e. The number of carbonyl (C=O) groups is 1. The summed E-state index contributed by atoms with van der Waals surface area (Å²) in [5.41, 5.74) is 2.34. The first-order chi connectivity index (χ1) is 14.5. The number of thiazole rings is 1. The second-order valence-corrected chi connectivity index (χ2v) is 7.60. The zero-order chi connectivity index (χ0) is 21.3. The van der Waals surface area contributed by atoms with E-state index < -0.39 is 11.8 Å². The SMILES string of the molecule is COC(C)c1c(NC(=O)Nc2ccc(-n3nccn3)c(F)c2)cnc2sc(C)nc12. The molecule has 0 spiro atoms. The van der Waals surface area contributed by atoms with Crippen LogP contribution in [-0.4, -0.2) is 38.1 Å². The van der Waals surface area contributed by atoms with Gasteiger partial charge in [-0.15, -0.1) is 4.80 Å². The van der Waals surface area contributed by atoms with E-state index in [0.717, 1.165) is 20.2 Å². The summed E-state index contributed by atoms with van der Waals surface area (Å²) in [5.74, 6) is -0.571. The molecule has 4 rings (SSSR count). The van der Waals surface area contributed by atoms with Crippen molar-refractivity contribution in [2.45, 2.75) is 20.0 Å². The van der Waals surface area contributed by atoms with Gasteiger partial charge < -0.3 is 15.4 Å². The molecular weight excluding hydrogens is 409 g/mol. The van der Waals surface area contributed by atoms with Crippen molar-refractivity contribution in [1.29, 1.82) is 0 Å². The van der Waals surface area contributed by atoms with Gasteiger partial charge in [-0.05, 0) is 32.0 Å². The molecule has 0 aliphatic rings. The van der Waals surface area contributed by atoms with Gasteiger partial charge in [0.2, 0.25) is 0 Å². The van der Waals surface area contributed by atoms with Crippen LogP contribution in [0.2, 0.25) is 0 Å². The average molecular weight is 427 g/mol. The highest BCUT2D eigenvalue weighted by Gasteiger charge is 2.20. The highest BCUT2D eigenvalue weighted by Crippen LogP contribution is 2.33. The van der Waals surface area contributed by atoms with Crippen LogP contribution in [0.4, 0.5) is 20.6 Å². The summed E-state index contributed by atoms with van der Waals surface area (Å²) in [5, 5.41) is 14.0. The highest BCUT2D eigenvalue weighted by atomic mass is 32.1. The van der Waals surface area contributed by atoms with E-state index in [1.807, 2.05) is 13.8 Å². The van der Waals surface area contributed by atoms with Gasteiger partial charge in [0, 0.05) is 18.4 Å². The normalized spacial score (nSPS) is 12.1. The molecule has 3 heterocycles. The lowest BCUT2D eigenvalue weighted by Gasteiger charge is -2.16. The zero-order valence-corrected chi connectivity index (χ0v) is 17.2. The summed E-state index contributed by atoms with van der Waals surface area (Å²) in [6, 6.07) is 3.69. The largest absolute Gasteiger partial charge is 0.377 e. The maximum Gasteiger partial charge on any atom is 0.323 e. The van der Waals surface area contributed by atoms with Gasteiger partial charge in [0.25, 0.3) is 0 Å². The third kappa shape index (κ3) is 3.84. The second-order valence-electron chi connectivity index (χ2n) is 6.41. The van der Waals surface area contributed by atoms with Crippen LogP contribution in [0.25, 0.3) is 16.0 Å². The number of pyridine rings is 1. The fourth-order valence-corrected chi connectivity index (χ4v) is 3.77. The summed E-state index contributed by atoms with van der Waals surface area (Å²) >= 11 is 1.47. The lowest BCUT2D eigenvalue weighted by Crippen LogP contribution is -2.21. The summed E-state index contributed by atoms with van der Waals surface area (Å²) in [4.78, 5) is 23.4. The number of methoxy groups -OCH3 is 1. The molecule has 3 aromatic heterocycles. The number of benzene rings is 1. The Kier molecular flexibility index (Phi) is 5.38. The molecule has 2 amide bonds. The Labute approximate surface area is 174 Å². The molecule has 154 valence electrons. The molecule has 0 saturated heterocycles. The fraction of sp³-hybridized carbons (Fsp3) is 0.211. The molecule has 11 heteroatoms. The maximum atomic E-state index is 14.4. The molecule has 1 aromatic carbocycles. The minimum Gasteiger partial charge on any atom is -0.377 e. The number of urea groups is 1. The van der Waals surface area contributed by atoms with E-state index in [1.54, 1.807) is 19.4 Å². The molecule has 30 heavy (non-hydrogen) atoms. The maximum absolute atomic E-state index is 14.4. The number of fused-ring (bicyclic) bond motifs is 1. The number of nitrogens with one attached hydrogen (secondary N) is 2. The van der Waals surface area contributed by atoms with Gasteiger partial charge in [0.15, 0.2) is 5.82 Å². The minimum atomic E-state index is -0.571. The number of halogens is 1. The van der Waals surface area contributed by atoms with E-state index >= 15 is 0 Å². The van der Waals surface area contributed by atoms with E-state index in [4.69, 9.17) is 4.74 Å². The third-order valence-corrected chi connectivity index (χ3v) is 5.30. The summed E-state index contributed by atoms with van der Waals surface area (Å²) in [6.07, 6.45) is 4.15. The van der Waals surface area contributed by atoms with Gasteiger partial charge >= 0.3 is 6.03 Å². The molecule has 0 bridgehead atoms. The van der Waals surface area contributed by atoms with Crippen LogP contribution in [0.3, 0.4) is 0 Å². The molecule has 4 aromatic rings. The Morgan fingerprint density at radius 1 is 1.27 bits per heavy atom. The number of carbonyl (C=O) groups excluding carboxylic acids is 1. The van der Waals surface area contributed by atoms with Gasteiger partial charge in [-0.1, -0.05) is 11.3 Å². The minimum absolute atomic E-state index is 0.177. The van der Waals surface area contributed by atoms with Gasteiger partial charge in [-0.2, -0.15) is 10.2 Å². The zero-order valence-electron chi connectivity index (χ0n) is 16.4. The van der Waals surface area contributed by atoms with Crippen LogP contribution >= 0.6 is 11.3 Å². The van der Waals surface area contributed by atoms with Crippen LogP contribution in [-0.2, 0) is 4.74 Å². The van der Waals surface area contributed by atoms with Crippen molar-refractivity contribution in [3.8, 4) is 5.69 Å². The quantitative estimate of drug-likeness (QED) is 0.497. The number of aromatic nitrogens is 5. The number of anilines is 2. The number of amides is 2. The van der Waals surface area contributed by atoms with Crippen LogP contribution in [0.1, 0.15) is 23.6 Å². The van der Waals surface area contributed by atoms with Crippen molar-refractivity contribution < 1.29 is 13.9 Å². The van der Waals surface area contributed by atoms with Gasteiger partial charge in [-0.25, -0.2) is 19.2 Å². The van der Waals surface area contributed by atoms with Crippen molar-refractivity contribution in [2.24, 2.45) is 0 Å². The number of hydrogen-bond acceptors (Lipinski definition) is 7. The highest BCUT2D eigenvalue weighted by molar-refractivity contribution is 7.18. The van der Waals surface area contributed by atoms with Gasteiger partial charge in [-0.3, -0.25) is 0 Å². The molecule has 9 nitrogen and oxygen atoms in total.